The zero-order valence-electron chi connectivity index (χ0n) is 11.2. The maximum Gasteiger partial charge on any atom is 0.0762 e. The predicted octanol–water partition coefficient (Wildman–Crippen LogP) is 4.13. The molecule has 1 N–H and O–H groups in total. The number of aliphatic hydroxyl groups is 1. The van der Waals surface area contributed by atoms with E-state index < -0.39 is 6.10 Å². The van der Waals surface area contributed by atoms with E-state index >= 15 is 0 Å². The van der Waals surface area contributed by atoms with Crippen molar-refractivity contribution in [3.05, 3.63) is 28.2 Å². The smallest absolute Gasteiger partial charge is 0.0762 e. The van der Waals surface area contributed by atoms with E-state index in [2.05, 4.69) is 33.8 Å². The molecular formula is C15H22BrNO. The lowest BCUT2D eigenvalue weighted by Crippen LogP contribution is -2.24. The van der Waals surface area contributed by atoms with Crippen molar-refractivity contribution in [1.29, 1.82) is 0 Å². The molecule has 0 bridgehead atoms. The Hall–Kier alpha value is -0.540. The van der Waals surface area contributed by atoms with Crippen LogP contribution in [-0.4, -0.2) is 18.2 Å². The molecule has 1 aromatic carbocycles. The summed E-state index contributed by atoms with van der Waals surface area (Å²) in [5.74, 6) is 0.838. The highest BCUT2D eigenvalue weighted by atomic mass is 79.9. The monoisotopic (exact) mass is 311 g/mol. The maximum absolute atomic E-state index is 9.59. The number of halogens is 1. The molecule has 0 aromatic heterocycles. The minimum absolute atomic E-state index is 0.403. The molecule has 1 aliphatic rings. The molecule has 0 radical (unpaired) electrons. The fourth-order valence-electron chi connectivity index (χ4n) is 2.54. The van der Waals surface area contributed by atoms with Crippen LogP contribution in [0.15, 0.2) is 22.7 Å². The number of benzene rings is 1. The van der Waals surface area contributed by atoms with Crippen molar-refractivity contribution in [2.24, 2.45) is 5.92 Å². The molecule has 1 aliphatic heterocycles. The molecule has 1 saturated heterocycles. The van der Waals surface area contributed by atoms with Crippen molar-refractivity contribution in [2.45, 2.75) is 39.2 Å². The Morgan fingerprint density at radius 3 is 2.78 bits per heavy atom. The van der Waals surface area contributed by atoms with E-state index in [4.69, 9.17) is 0 Å². The van der Waals surface area contributed by atoms with Gasteiger partial charge in [0.25, 0.3) is 0 Å². The van der Waals surface area contributed by atoms with Crippen LogP contribution in [0.25, 0.3) is 0 Å². The average Bonchev–Trinajstić information content (AvgIpc) is 2.54. The zero-order valence-corrected chi connectivity index (χ0v) is 12.8. The Morgan fingerprint density at radius 2 is 2.11 bits per heavy atom. The minimum atomic E-state index is -0.403. The van der Waals surface area contributed by atoms with Crippen LogP contribution >= 0.6 is 15.9 Å². The van der Waals surface area contributed by atoms with Crippen LogP contribution in [-0.2, 0) is 0 Å². The lowest BCUT2D eigenvalue weighted by Gasteiger charge is -2.24. The second-order valence-corrected chi connectivity index (χ2v) is 6.26. The normalized spacial score (nSPS) is 22.7. The lowest BCUT2D eigenvalue weighted by molar-refractivity contribution is 0.199. The van der Waals surface area contributed by atoms with Crippen molar-refractivity contribution < 1.29 is 5.11 Å². The van der Waals surface area contributed by atoms with E-state index in [9.17, 15) is 5.11 Å². The van der Waals surface area contributed by atoms with Crippen LogP contribution in [0.5, 0.6) is 0 Å². The summed E-state index contributed by atoms with van der Waals surface area (Å²) in [5, 5.41) is 9.59. The fraction of sp³-hybridized carbons (Fsp3) is 0.600. The Bertz CT molecular complexity index is 405. The Labute approximate surface area is 118 Å². The largest absolute Gasteiger partial charge is 0.389 e. The Balaban J connectivity index is 2.17. The van der Waals surface area contributed by atoms with Crippen molar-refractivity contribution in [1.82, 2.24) is 0 Å². The third-order valence-corrected chi connectivity index (χ3v) is 4.45. The second-order valence-electron chi connectivity index (χ2n) is 5.41. The van der Waals surface area contributed by atoms with Gasteiger partial charge in [-0.2, -0.15) is 0 Å². The Morgan fingerprint density at radius 1 is 1.33 bits per heavy atom. The number of hydrogen-bond donors (Lipinski definition) is 1. The number of anilines is 1. The summed E-state index contributed by atoms with van der Waals surface area (Å²) in [4.78, 5) is 2.46. The van der Waals surface area contributed by atoms with Crippen LogP contribution < -0.4 is 4.90 Å². The molecule has 1 aromatic rings. The first-order valence-electron chi connectivity index (χ1n) is 6.80. The summed E-state index contributed by atoms with van der Waals surface area (Å²) in [7, 11) is 0. The standard InChI is InChI=1S/C15H22BrNO/c1-11-4-3-8-17(9-7-11)15-6-5-13(12(2)18)10-14(15)16/h5-6,10-12,18H,3-4,7-9H2,1-2H3. The molecule has 0 aliphatic carbocycles. The zero-order chi connectivity index (χ0) is 13.1. The first kappa shape index (κ1) is 13.9. The molecule has 2 nitrogen and oxygen atoms in total. The number of rotatable bonds is 2. The van der Waals surface area contributed by atoms with Gasteiger partial charge in [-0.15, -0.1) is 0 Å². The second kappa shape index (κ2) is 6.07. The molecule has 0 spiro atoms. The molecule has 18 heavy (non-hydrogen) atoms. The highest BCUT2D eigenvalue weighted by Gasteiger charge is 2.16. The molecule has 1 heterocycles. The molecule has 1 fully saturated rings. The van der Waals surface area contributed by atoms with Crippen molar-refractivity contribution >= 4 is 21.6 Å². The van der Waals surface area contributed by atoms with Gasteiger partial charge in [-0.3, -0.25) is 0 Å². The van der Waals surface area contributed by atoms with Crippen LogP contribution in [0.2, 0.25) is 0 Å². The van der Waals surface area contributed by atoms with Gasteiger partial charge in [-0.05, 0) is 65.7 Å². The fourth-order valence-corrected chi connectivity index (χ4v) is 3.19. The van der Waals surface area contributed by atoms with Gasteiger partial charge >= 0.3 is 0 Å². The maximum atomic E-state index is 9.59. The molecule has 2 rings (SSSR count). The molecule has 3 heteroatoms. The van der Waals surface area contributed by atoms with E-state index in [1.54, 1.807) is 6.92 Å². The van der Waals surface area contributed by atoms with Gasteiger partial charge in [-0.1, -0.05) is 13.0 Å². The highest BCUT2D eigenvalue weighted by Crippen LogP contribution is 2.31. The van der Waals surface area contributed by atoms with Crippen molar-refractivity contribution in [2.75, 3.05) is 18.0 Å². The third kappa shape index (κ3) is 3.27. The summed E-state index contributed by atoms with van der Waals surface area (Å²) in [6.07, 6.45) is 3.47. The topological polar surface area (TPSA) is 23.5 Å². The van der Waals surface area contributed by atoms with Gasteiger partial charge in [0, 0.05) is 17.6 Å². The predicted molar refractivity (Wildman–Crippen MR) is 80.0 cm³/mol. The van der Waals surface area contributed by atoms with E-state index in [1.165, 1.54) is 24.9 Å². The number of nitrogens with zero attached hydrogens (tertiary/aromatic N) is 1. The quantitative estimate of drug-likeness (QED) is 0.887. The molecular weight excluding hydrogens is 290 g/mol. The number of aliphatic hydroxyl groups excluding tert-OH is 1. The Kier molecular flexibility index (Phi) is 4.68. The minimum Gasteiger partial charge on any atom is -0.389 e. The van der Waals surface area contributed by atoms with Crippen LogP contribution in [0.3, 0.4) is 0 Å². The van der Waals surface area contributed by atoms with Gasteiger partial charge < -0.3 is 10.0 Å². The summed E-state index contributed by atoms with van der Waals surface area (Å²) in [5.41, 5.74) is 2.22. The lowest BCUT2D eigenvalue weighted by atomic mass is 10.0. The summed E-state index contributed by atoms with van der Waals surface area (Å²) in [6.45, 7) is 6.41. The van der Waals surface area contributed by atoms with Crippen LogP contribution in [0.4, 0.5) is 5.69 Å². The van der Waals surface area contributed by atoms with Crippen molar-refractivity contribution in [3.8, 4) is 0 Å². The van der Waals surface area contributed by atoms with E-state index in [-0.39, 0.29) is 0 Å². The van der Waals surface area contributed by atoms with Crippen LogP contribution in [0, 0.1) is 5.92 Å². The average molecular weight is 312 g/mol. The van der Waals surface area contributed by atoms with Gasteiger partial charge in [0.1, 0.15) is 0 Å². The third-order valence-electron chi connectivity index (χ3n) is 3.81. The molecule has 100 valence electrons. The first-order valence-corrected chi connectivity index (χ1v) is 7.59. The van der Waals surface area contributed by atoms with Crippen LogP contribution in [0.1, 0.15) is 44.8 Å². The van der Waals surface area contributed by atoms with E-state index in [0.29, 0.717) is 0 Å². The first-order chi connectivity index (χ1) is 8.58. The number of hydrogen-bond acceptors (Lipinski definition) is 2. The van der Waals surface area contributed by atoms with Gasteiger partial charge in [0.05, 0.1) is 11.8 Å². The van der Waals surface area contributed by atoms with Crippen molar-refractivity contribution in [3.63, 3.8) is 0 Å². The molecule has 2 atom stereocenters. The molecule has 2 unspecified atom stereocenters. The van der Waals surface area contributed by atoms with E-state index in [0.717, 1.165) is 29.0 Å². The summed E-state index contributed by atoms with van der Waals surface area (Å²) >= 11 is 3.64. The SMILES string of the molecule is CC1CCCN(c2ccc(C(C)O)cc2Br)CC1. The highest BCUT2D eigenvalue weighted by molar-refractivity contribution is 9.10. The van der Waals surface area contributed by atoms with E-state index in [1.807, 2.05) is 12.1 Å². The summed E-state index contributed by atoms with van der Waals surface area (Å²) < 4.78 is 1.09. The van der Waals surface area contributed by atoms with Gasteiger partial charge in [0.2, 0.25) is 0 Å². The summed E-state index contributed by atoms with van der Waals surface area (Å²) in [6, 6.07) is 6.19. The van der Waals surface area contributed by atoms with Gasteiger partial charge in [-0.25, -0.2) is 0 Å². The van der Waals surface area contributed by atoms with Gasteiger partial charge in [0.15, 0.2) is 0 Å². The molecule has 0 saturated carbocycles. The molecule has 0 amide bonds.